The minimum atomic E-state index is -0.0941. The van der Waals surface area contributed by atoms with Crippen LogP contribution in [0.15, 0.2) is 42.6 Å². The molecule has 2 heterocycles. The molecule has 22 heavy (non-hydrogen) atoms. The molecule has 0 aliphatic carbocycles. The highest BCUT2D eigenvalue weighted by Gasteiger charge is 2.30. The molecule has 3 rings (SSSR count). The Labute approximate surface area is 129 Å². The van der Waals surface area contributed by atoms with E-state index >= 15 is 0 Å². The Morgan fingerprint density at radius 2 is 2.18 bits per heavy atom. The van der Waals surface area contributed by atoms with Crippen molar-refractivity contribution in [3.63, 3.8) is 0 Å². The van der Waals surface area contributed by atoms with Crippen LogP contribution in [0.2, 0.25) is 0 Å². The Kier molecular flexibility index (Phi) is 3.96. The van der Waals surface area contributed by atoms with Crippen molar-refractivity contribution in [2.24, 2.45) is 0 Å². The van der Waals surface area contributed by atoms with Crippen LogP contribution in [0.3, 0.4) is 0 Å². The van der Waals surface area contributed by atoms with Gasteiger partial charge in [0.2, 0.25) is 5.88 Å². The fraction of sp³-hybridized carbons (Fsp3) is 0.294. The first kappa shape index (κ1) is 14.4. The molecule has 1 aliphatic rings. The summed E-state index contributed by atoms with van der Waals surface area (Å²) in [5.41, 5.74) is 3.06. The number of fused-ring (bicyclic) bond motifs is 1. The molecule has 0 saturated carbocycles. The fourth-order valence-electron chi connectivity index (χ4n) is 2.87. The van der Waals surface area contributed by atoms with Gasteiger partial charge in [0, 0.05) is 30.0 Å². The normalized spacial score (nSPS) is 16.3. The van der Waals surface area contributed by atoms with Crippen LogP contribution in [0.1, 0.15) is 18.1 Å². The largest absolute Gasteiger partial charge is 0.481 e. The number of carbonyl (C=O) groups is 1. The first-order valence-electron chi connectivity index (χ1n) is 7.33. The van der Waals surface area contributed by atoms with Crippen LogP contribution in [0.5, 0.6) is 5.88 Å². The van der Waals surface area contributed by atoms with E-state index < -0.39 is 0 Å². The molecule has 1 aromatic carbocycles. The zero-order valence-electron chi connectivity index (χ0n) is 12.7. The van der Waals surface area contributed by atoms with Gasteiger partial charge in [0.25, 0.3) is 0 Å². The summed E-state index contributed by atoms with van der Waals surface area (Å²) in [7, 11) is 1.58. The van der Waals surface area contributed by atoms with Crippen LogP contribution >= 0.6 is 0 Å². The highest BCUT2D eigenvalue weighted by molar-refractivity contribution is 5.94. The van der Waals surface area contributed by atoms with Gasteiger partial charge in [0.15, 0.2) is 0 Å². The molecule has 0 bridgehead atoms. The number of nitrogens with zero attached hydrogens (tertiary/aromatic N) is 2. The first-order valence-corrected chi connectivity index (χ1v) is 7.33. The molecule has 1 N–H and O–H groups in total. The van der Waals surface area contributed by atoms with Crippen LogP contribution < -0.4 is 15.0 Å². The van der Waals surface area contributed by atoms with Crippen molar-refractivity contribution >= 4 is 11.7 Å². The minimum Gasteiger partial charge on any atom is -0.481 e. The van der Waals surface area contributed by atoms with Crippen molar-refractivity contribution < 1.29 is 9.53 Å². The second-order valence-corrected chi connectivity index (χ2v) is 5.38. The molecule has 2 aromatic rings. The zero-order chi connectivity index (χ0) is 15.5. The van der Waals surface area contributed by atoms with E-state index in [1.807, 2.05) is 35.2 Å². The number of hydrogen-bond acceptors (Lipinski definition) is 3. The standard InChI is InChI=1S/C17H19N3O2/c1-12-10-13-6-3-4-8-15(13)20(12)17(21)19-11-14-7-5-9-18-16(14)22-2/h3-9,12H,10-11H2,1-2H3,(H,19,21)/t12-/m0/s1. The minimum absolute atomic E-state index is 0.0941. The van der Waals surface area contributed by atoms with Crippen molar-refractivity contribution in [3.8, 4) is 5.88 Å². The Bertz CT molecular complexity index is 687. The number of methoxy groups -OCH3 is 1. The Hall–Kier alpha value is -2.56. The molecule has 0 spiro atoms. The van der Waals surface area contributed by atoms with Gasteiger partial charge in [-0.05, 0) is 31.0 Å². The number of amides is 2. The number of carbonyl (C=O) groups excluding carboxylic acids is 1. The van der Waals surface area contributed by atoms with Gasteiger partial charge in [-0.1, -0.05) is 24.3 Å². The number of urea groups is 1. The second-order valence-electron chi connectivity index (χ2n) is 5.38. The molecular formula is C17H19N3O2. The summed E-state index contributed by atoms with van der Waals surface area (Å²) in [5, 5.41) is 2.95. The number of ether oxygens (including phenoxy) is 1. The van der Waals surface area contributed by atoms with Crippen molar-refractivity contribution in [2.75, 3.05) is 12.0 Å². The third-order valence-electron chi connectivity index (χ3n) is 3.90. The number of hydrogen-bond donors (Lipinski definition) is 1. The Morgan fingerprint density at radius 1 is 1.36 bits per heavy atom. The summed E-state index contributed by atoms with van der Waals surface area (Å²) in [6, 6.07) is 11.8. The lowest BCUT2D eigenvalue weighted by Gasteiger charge is -2.23. The van der Waals surface area contributed by atoms with Crippen LogP contribution in [0.25, 0.3) is 0 Å². The van der Waals surface area contributed by atoms with Gasteiger partial charge in [-0.2, -0.15) is 0 Å². The third-order valence-corrected chi connectivity index (χ3v) is 3.90. The summed E-state index contributed by atoms with van der Waals surface area (Å²) >= 11 is 0. The van der Waals surface area contributed by atoms with Gasteiger partial charge in [0.05, 0.1) is 7.11 Å². The van der Waals surface area contributed by atoms with E-state index in [0.717, 1.165) is 17.7 Å². The van der Waals surface area contributed by atoms with E-state index in [2.05, 4.69) is 23.3 Å². The quantitative estimate of drug-likeness (QED) is 0.947. The van der Waals surface area contributed by atoms with Gasteiger partial charge in [0.1, 0.15) is 0 Å². The van der Waals surface area contributed by atoms with Gasteiger partial charge in [-0.25, -0.2) is 9.78 Å². The number of anilines is 1. The highest BCUT2D eigenvalue weighted by Crippen LogP contribution is 2.31. The maximum absolute atomic E-state index is 12.5. The predicted molar refractivity (Wildman–Crippen MR) is 85.1 cm³/mol. The van der Waals surface area contributed by atoms with Gasteiger partial charge in [-0.15, -0.1) is 0 Å². The molecule has 5 heteroatoms. The van der Waals surface area contributed by atoms with Crippen molar-refractivity contribution in [1.29, 1.82) is 0 Å². The van der Waals surface area contributed by atoms with E-state index in [4.69, 9.17) is 4.74 Å². The number of aromatic nitrogens is 1. The maximum Gasteiger partial charge on any atom is 0.322 e. The molecule has 1 atom stereocenters. The highest BCUT2D eigenvalue weighted by atomic mass is 16.5. The molecule has 0 unspecified atom stereocenters. The van der Waals surface area contributed by atoms with E-state index in [9.17, 15) is 4.79 Å². The SMILES string of the molecule is COc1ncccc1CNC(=O)N1c2ccccc2C[C@@H]1C. The summed E-state index contributed by atoms with van der Waals surface area (Å²) in [5.74, 6) is 0.540. The summed E-state index contributed by atoms with van der Waals surface area (Å²) in [6.45, 7) is 2.45. The number of benzene rings is 1. The zero-order valence-corrected chi connectivity index (χ0v) is 12.7. The molecule has 1 aliphatic heterocycles. The van der Waals surface area contributed by atoms with E-state index in [-0.39, 0.29) is 12.1 Å². The average Bonchev–Trinajstić information content (AvgIpc) is 2.88. The topological polar surface area (TPSA) is 54.5 Å². The lowest BCUT2D eigenvalue weighted by atomic mass is 10.1. The van der Waals surface area contributed by atoms with Gasteiger partial charge >= 0.3 is 6.03 Å². The molecule has 0 saturated heterocycles. The smallest absolute Gasteiger partial charge is 0.322 e. The molecule has 114 valence electrons. The van der Waals surface area contributed by atoms with E-state index in [1.54, 1.807) is 13.3 Å². The molecule has 0 radical (unpaired) electrons. The first-order chi connectivity index (χ1) is 10.7. The van der Waals surface area contributed by atoms with Crippen LogP contribution in [0, 0.1) is 0 Å². The number of rotatable bonds is 3. The molecule has 5 nitrogen and oxygen atoms in total. The monoisotopic (exact) mass is 297 g/mol. The lowest BCUT2D eigenvalue weighted by molar-refractivity contribution is 0.244. The molecule has 1 aromatic heterocycles. The maximum atomic E-state index is 12.5. The lowest BCUT2D eigenvalue weighted by Crippen LogP contribution is -2.43. The number of pyridine rings is 1. The second kappa shape index (κ2) is 6.05. The van der Waals surface area contributed by atoms with Crippen molar-refractivity contribution in [3.05, 3.63) is 53.7 Å². The van der Waals surface area contributed by atoms with Gasteiger partial charge < -0.3 is 10.1 Å². The van der Waals surface area contributed by atoms with Crippen molar-refractivity contribution in [1.82, 2.24) is 10.3 Å². The summed E-state index contributed by atoms with van der Waals surface area (Å²) < 4.78 is 5.20. The fourth-order valence-corrected chi connectivity index (χ4v) is 2.87. The van der Waals surface area contributed by atoms with Crippen LogP contribution in [-0.2, 0) is 13.0 Å². The van der Waals surface area contributed by atoms with Crippen LogP contribution in [-0.4, -0.2) is 24.2 Å². The summed E-state index contributed by atoms with van der Waals surface area (Å²) in [6.07, 6.45) is 2.56. The number of para-hydroxylation sites is 1. The molecular weight excluding hydrogens is 278 g/mol. The average molecular weight is 297 g/mol. The summed E-state index contributed by atoms with van der Waals surface area (Å²) in [4.78, 5) is 18.5. The molecule has 0 fully saturated rings. The van der Waals surface area contributed by atoms with E-state index in [1.165, 1.54) is 5.56 Å². The Balaban J connectivity index is 1.73. The van der Waals surface area contributed by atoms with Crippen LogP contribution in [0.4, 0.5) is 10.5 Å². The Morgan fingerprint density at radius 3 is 3.00 bits per heavy atom. The predicted octanol–water partition coefficient (Wildman–Crippen LogP) is 2.75. The van der Waals surface area contributed by atoms with Gasteiger partial charge in [-0.3, -0.25) is 4.90 Å². The molecule has 2 amide bonds. The third kappa shape index (κ3) is 2.62. The van der Waals surface area contributed by atoms with Crippen molar-refractivity contribution in [2.45, 2.75) is 25.9 Å². The van der Waals surface area contributed by atoms with E-state index in [0.29, 0.717) is 12.4 Å². The number of nitrogens with one attached hydrogen (secondary N) is 1.